The van der Waals surface area contributed by atoms with Gasteiger partial charge in [0.25, 0.3) is 0 Å². The molecule has 0 aliphatic carbocycles. The van der Waals surface area contributed by atoms with Gasteiger partial charge in [-0.2, -0.15) is 0 Å². The van der Waals surface area contributed by atoms with Crippen molar-refractivity contribution >= 4 is 21.6 Å². The van der Waals surface area contributed by atoms with Gasteiger partial charge in [0.05, 0.1) is 10.2 Å². The molecule has 16 heavy (non-hydrogen) atoms. The van der Waals surface area contributed by atoms with Crippen LogP contribution >= 0.6 is 15.9 Å². The summed E-state index contributed by atoms with van der Waals surface area (Å²) < 4.78 is 26.6. The molecule has 2 nitrogen and oxygen atoms in total. The van der Waals surface area contributed by atoms with Crippen molar-refractivity contribution in [1.29, 1.82) is 0 Å². The van der Waals surface area contributed by atoms with E-state index >= 15 is 0 Å². The van der Waals surface area contributed by atoms with Crippen molar-refractivity contribution in [2.24, 2.45) is 0 Å². The van der Waals surface area contributed by atoms with E-state index in [1.54, 1.807) is 6.07 Å². The zero-order chi connectivity index (χ0) is 11.7. The maximum Gasteiger partial charge on any atom is 0.126 e. The van der Waals surface area contributed by atoms with Gasteiger partial charge in [-0.05, 0) is 34.1 Å². The second-order valence-corrected chi connectivity index (χ2v) is 4.01. The summed E-state index contributed by atoms with van der Waals surface area (Å²) in [5.41, 5.74) is 6.89. The van der Waals surface area contributed by atoms with Crippen LogP contribution in [0.2, 0.25) is 0 Å². The first kappa shape index (κ1) is 11.0. The summed E-state index contributed by atoms with van der Waals surface area (Å²) in [6.45, 7) is 0. The molecule has 0 bridgehead atoms. The Morgan fingerprint density at radius 3 is 2.38 bits per heavy atom. The minimum atomic E-state index is -0.647. The Labute approximate surface area is 99.2 Å². The van der Waals surface area contributed by atoms with Crippen LogP contribution in [0.15, 0.2) is 34.9 Å². The van der Waals surface area contributed by atoms with E-state index < -0.39 is 11.6 Å². The van der Waals surface area contributed by atoms with E-state index in [1.807, 2.05) is 0 Å². The Hall–Kier alpha value is -1.49. The lowest BCUT2D eigenvalue weighted by molar-refractivity contribution is 0.584. The van der Waals surface area contributed by atoms with Crippen molar-refractivity contribution in [3.63, 3.8) is 0 Å². The number of hydrogen-bond acceptors (Lipinski definition) is 2. The minimum Gasteiger partial charge on any atom is -0.398 e. The van der Waals surface area contributed by atoms with Crippen LogP contribution in [0.25, 0.3) is 11.3 Å². The lowest BCUT2D eigenvalue weighted by atomic mass is 10.1. The predicted octanol–water partition coefficient (Wildman–Crippen LogP) is 3.37. The molecule has 5 heteroatoms. The van der Waals surface area contributed by atoms with Crippen molar-refractivity contribution < 1.29 is 8.78 Å². The Morgan fingerprint density at radius 1 is 1.12 bits per heavy atom. The highest BCUT2D eigenvalue weighted by molar-refractivity contribution is 9.10. The lowest BCUT2D eigenvalue weighted by Crippen LogP contribution is -1.93. The maximum atomic E-state index is 13.0. The van der Waals surface area contributed by atoms with Crippen molar-refractivity contribution in [2.75, 3.05) is 5.73 Å². The van der Waals surface area contributed by atoms with E-state index in [4.69, 9.17) is 5.73 Å². The quantitative estimate of drug-likeness (QED) is 0.872. The Bertz CT molecular complexity index is 523. The van der Waals surface area contributed by atoms with Gasteiger partial charge in [-0.1, -0.05) is 0 Å². The molecule has 0 fully saturated rings. The number of nitrogens with zero attached hydrogens (tertiary/aromatic N) is 1. The average Bonchev–Trinajstić information content (AvgIpc) is 2.20. The molecule has 2 aromatic rings. The predicted molar refractivity (Wildman–Crippen MR) is 61.7 cm³/mol. The van der Waals surface area contributed by atoms with Gasteiger partial charge in [0.15, 0.2) is 0 Å². The lowest BCUT2D eigenvalue weighted by Gasteiger charge is -2.06. The number of nitrogen functional groups attached to an aromatic ring is 1. The highest BCUT2D eigenvalue weighted by Crippen LogP contribution is 2.31. The minimum absolute atomic E-state index is 0.344. The molecule has 0 amide bonds. The second kappa shape index (κ2) is 4.17. The summed E-state index contributed by atoms with van der Waals surface area (Å²) in [6.07, 6.45) is 1.48. The molecule has 1 aromatic carbocycles. The summed E-state index contributed by atoms with van der Waals surface area (Å²) in [5.74, 6) is -1.29. The Balaban J connectivity index is 2.63. The average molecular weight is 285 g/mol. The number of aromatic nitrogens is 1. The van der Waals surface area contributed by atoms with Crippen LogP contribution in [0.1, 0.15) is 0 Å². The molecule has 0 saturated heterocycles. The summed E-state index contributed by atoms with van der Waals surface area (Å²) >= 11 is 3.23. The standard InChI is InChI=1S/C11H7BrF2N2/c12-10-9(15)1-2-16-11(10)6-3-7(13)5-8(14)4-6/h1-5H,(H2,15,16). The summed E-state index contributed by atoms with van der Waals surface area (Å²) in [4.78, 5) is 4.03. The number of pyridine rings is 1. The largest absolute Gasteiger partial charge is 0.398 e. The first-order valence-electron chi connectivity index (χ1n) is 4.44. The normalized spacial score (nSPS) is 10.4. The van der Waals surface area contributed by atoms with Gasteiger partial charge in [0.1, 0.15) is 11.6 Å². The van der Waals surface area contributed by atoms with Gasteiger partial charge in [-0.3, -0.25) is 4.98 Å². The van der Waals surface area contributed by atoms with E-state index in [2.05, 4.69) is 20.9 Å². The number of halogens is 3. The SMILES string of the molecule is Nc1ccnc(-c2cc(F)cc(F)c2)c1Br. The van der Waals surface area contributed by atoms with Crippen molar-refractivity contribution in [3.8, 4) is 11.3 Å². The molecule has 0 aliphatic rings. The van der Waals surface area contributed by atoms with E-state index in [0.29, 0.717) is 21.4 Å². The molecular formula is C11H7BrF2N2. The molecule has 0 saturated carbocycles. The van der Waals surface area contributed by atoms with Crippen LogP contribution in [-0.4, -0.2) is 4.98 Å². The van der Waals surface area contributed by atoms with Crippen LogP contribution < -0.4 is 5.73 Å². The van der Waals surface area contributed by atoms with Crippen LogP contribution in [0.3, 0.4) is 0 Å². The molecule has 2 rings (SSSR count). The Kier molecular flexibility index (Phi) is 2.87. The highest BCUT2D eigenvalue weighted by Gasteiger charge is 2.09. The summed E-state index contributed by atoms with van der Waals surface area (Å²) in [6, 6.07) is 4.82. The third-order valence-corrected chi connectivity index (χ3v) is 2.89. The van der Waals surface area contributed by atoms with Gasteiger partial charge < -0.3 is 5.73 Å². The van der Waals surface area contributed by atoms with Gasteiger partial charge in [-0.25, -0.2) is 8.78 Å². The molecule has 0 radical (unpaired) electrons. The molecule has 1 heterocycles. The monoisotopic (exact) mass is 284 g/mol. The third kappa shape index (κ3) is 2.04. The van der Waals surface area contributed by atoms with Crippen LogP contribution in [-0.2, 0) is 0 Å². The van der Waals surface area contributed by atoms with E-state index in [9.17, 15) is 8.78 Å². The number of anilines is 1. The van der Waals surface area contributed by atoms with Crippen molar-refractivity contribution in [3.05, 3.63) is 46.6 Å². The zero-order valence-corrected chi connectivity index (χ0v) is 9.63. The number of rotatable bonds is 1. The fraction of sp³-hybridized carbons (Fsp3) is 0. The molecule has 82 valence electrons. The molecular weight excluding hydrogens is 278 g/mol. The fourth-order valence-corrected chi connectivity index (χ4v) is 1.81. The maximum absolute atomic E-state index is 13.0. The first-order valence-corrected chi connectivity index (χ1v) is 5.23. The van der Waals surface area contributed by atoms with Crippen LogP contribution in [0.4, 0.5) is 14.5 Å². The zero-order valence-electron chi connectivity index (χ0n) is 8.05. The van der Waals surface area contributed by atoms with Crippen molar-refractivity contribution in [2.45, 2.75) is 0 Å². The second-order valence-electron chi connectivity index (χ2n) is 3.22. The number of nitrogens with two attached hydrogens (primary N) is 1. The highest BCUT2D eigenvalue weighted by atomic mass is 79.9. The molecule has 0 aliphatic heterocycles. The molecule has 0 atom stereocenters. The number of hydrogen-bond donors (Lipinski definition) is 1. The van der Waals surface area contributed by atoms with Crippen molar-refractivity contribution in [1.82, 2.24) is 4.98 Å². The van der Waals surface area contributed by atoms with E-state index in [1.165, 1.54) is 18.3 Å². The number of benzene rings is 1. The smallest absolute Gasteiger partial charge is 0.126 e. The van der Waals surface area contributed by atoms with Crippen LogP contribution in [0.5, 0.6) is 0 Å². The molecule has 2 N–H and O–H groups in total. The van der Waals surface area contributed by atoms with E-state index in [0.717, 1.165) is 6.07 Å². The van der Waals surface area contributed by atoms with Gasteiger partial charge in [0.2, 0.25) is 0 Å². The van der Waals surface area contributed by atoms with Gasteiger partial charge in [0, 0.05) is 23.5 Å². The first-order chi connectivity index (χ1) is 7.58. The summed E-state index contributed by atoms with van der Waals surface area (Å²) in [5, 5.41) is 0. The van der Waals surface area contributed by atoms with Gasteiger partial charge >= 0.3 is 0 Å². The molecule has 1 aromatic heterocycles. The Morgan fingerprint density at radius 2 is 1.75 bits per heavy atom. The summed E-state index contributed by atoms with van der Waals surface area (Å²) in [7, 11) is 0. The topological polar surface area (TPSA) is 38.9 Å². The molecule has 0 spiro atoms. The van der Waals surface area contributed by atoms with Crippen LogP contribution in [0, 0.1) is 11.6 Å². The van der Waals surface area contributed by atoms with Gasteiger partial charge in [-0.15, -0.1) is 0 Å². The van der Waals surface area contributed by atoms with E-state index in [-0.39, 0.29) is 0 Å². The third-order valence-electron chi connectivity index (χ3n) is 2.06. The fourth-order valence-electron chi connectivity index (χ4n) is 1.35. The molecule has 0 unspecified atom stereocenters.